The van der Waals surface area contributed by atoms with Crippen LogP contribution in [-0.2, 0) is 0 Å². The highest BCUT2D eigenvalue weighted by molar-refractivity contribution is 9.09. The molecule has 0 aliphatic rings. The van der Waals surface area contributed by atoms with Gasteiger partial charge in [0.1, 0.15) is 11.5 Å². The first kappa shape index (κ1) is 30.7. The third-order valence-corrected chi connectivity index (χ3v) is 6.59. The van der Waals surface area contributed by atoms with Gasteiger partial charge in [0.15, 0.2) is 0 Å². The van der Waals surface area contributed by atoms with Crippen LogP contribution >= 0.6 is 27.5 Å². The van der Waals surface area contributed by atoms with Gasteiger partial charge < -0.3 is 20.9 Å². The summed E-state index contributed by atoms with van der Waals surface area (Å²) in [5.74, 6) is 1.42. The number of nitrogens with two attached hydrogens (primary N) is 2. The lowest BCUT2D eigenvalue weighted by molar-refractivity contribution is 0.0992. The van der Waals surface area contributed by atoms with Gasteiger partial charge in [-0.15, -0.1) is 11.6 Å². The van der Waals surface area contributed by atoms with E-state index in [2.05, 4.69) is 15.9 Å². The minimum atomic E-state index is -0.422. The third kappa shape index (κ3) is 9.74. The maximum Gasteiger partial charge on any atom is 0.248 e. The molecular formula is C32H32BrClN2O4. The largest absolute Gasteiger partial charge is 0.494 e. The first-order valence-electron chi connectivity index (χ1n) is 12.8. The molecule has 4 aromatic carbocycles. The van der Waals surface area contributed by atoms with Crippen LogP contribution in [0.5, 0.6) is 11.5 Å². The second-order valence-corrected chi connectivity index (χ2v) is 9.89. The molecule has 2 amide bonds. The van der Waals surface area contributed by atoms with E-state index in [1.54, 1.807) is 24.3 Å². The van der Waals surface area contributed by atoms with Gasteiger partial charge in [0.2, 0.25) is 11.8 Å². The predicted octanol–water partition coefficient (Wildman–Crippen LogP) is 7.08. The fourth-order valence-electron chi connectivity index (χ4n) is 3.67. The van der Waals surface area contributed by atoms with Crippen LogP contribution in [0.15, 0.2) is 97.1 Å². The fraction of sp³-hybridized carbons (Fsp3) is 0.188. The van der Waals surface area contributed by atoms with E-state index >= 15 is 0 Å². The van der Waals surface area contributed by atoms with E-state index in [1.165, 1.54) is 0 Å². The summed E-state index contributed by atoms with van der Waals surface area (Å²) in [4.78, 5) is 22.1. The number of hydrogen-bond donors (Lipinski definition) is 2. The van der Waals surface area contributed by atoms with E-state index in [1.807, 2.05) is 72.8 Å². The van der Waals surface area contributed by atoms with Crippen LogP contribution in [0.1, 0.15) is 33.6 Å². The standard InChI is InChI=1S/C16H16BrNO2.C16H16ClNO2/c2*17-9-2-10-20-15-4-1-3-14(11-15)12-5-7-13(8-6-12)16(18)19/h2*1,3-8,11H,2,9-10H2,(H2,18,19). The SMILES string of the molecule is NC(=O)c1ccc(-c2cccc(OCCCBr)c2)cc1.NC(=O)c1ccc(-c2cccc(OCCCCl)c2)cc1. The minimum Gasteiger partial charge on any atom is -0.494 e. The molecule has 0 aliphatic carbocycles. The lowest BCUT2D eigenvalue weighted by Gasteiger charge is -2.08. The highest BCUT2D eigenvalue weighted by atomic mass is 79.9. The van der Waals surface area contributed by atoms with Gasteiger partial charge in [0.25, 0.3) is 0 Å². The Bertz CT molecular complexity index is 1270. The summed E-state index contributed by atoms with van der Waals surface area (Å²) in [6.07, 6.45) is 1.79. The number of carbonyl (C=O) groups excluding carboxylic acids is 2. The average molecular weight is 624 g/mol. The van der Waals surface area contributed by atoms with Gasteiger partial charge in [-0.1, -0.05) is 64.5 Å². The Kier molecular flexibility index (Phi) is 12.5. The summed E-state index contributed by atoms with van der Waals surface area (Å²) >= 11 is 8.99. The van der Waals surface area contributed by atoms with Crippen LogP contribution in [-0.4, -0.2) is 36.2 Å². The Morgan fingerprint density at radius 2 is 1.05 bits per heavy atom. The molecular weight excluding hydrogens is 592 g/mol. The molecule has 0 bridgehead atoms. The van der Waals surface area contributed by atoms with E-state index in [0.29, 0.717) is 30.2 Å². The monoisotopic (exact) mass is 622 g/mol. The molecule has 208 valence electrons. The highest BCUT2D eigenvalue weighted by Gasteiger charge is 2.04. The van der Waals surface area contributed by atoms with Crippen molar-refractivity contribution in [3.63, 3.8) is 0 Å². The predicted molar refractivity (Wildman–Crippen MR) is 166 cm³/mol. The molecule has 0 fully saturated rings. The molecule has 0 saturated carbocycles. The maximum atomic E-state index is 11.0. The molecule has 4 N–H and O–H groups in total. The Labute approximate surface area is 248 Å². The maximum absolute atomic E-state index is 11.0. The number of carbonyl (C=O) groups is 2. The average Bonchev–Trinajstić information content (AvgIpc) is 2.98. The van der Waals surface area contributed by atoms with Crippen LogP contribution < -0.4 is 20.9 Å². The molecule has 40 heavy (non-hydrogen) atoms. The number of benzene rings is 4. The molecule has 0 aromatic heterocycles. The van der Waals surface area contributed by atoms with E-state index < -0.39 is 11.8 Å². The minimum absolute atomic E-state index is 0.414. The zero-order valence-corrected chi connectivity index (χ0v) is 24.4. The van der Waals surface area contributed by atoms with Crippen molar-refractivity contribution in [2.45, 2.75) is 12.8 Å². The molecule has 6 nitrogen and oxygen atoms in total. The Morgan fingerprint density at radius 1 is 0.625 bits per heavy atom. The van der Waals surface area contributed by atoms with Gasteiger partial charge in [0.05, 0.1) is 13.2 Å². The van der Waals surface area contributed by atoms with Crippen LogP contribution in [0.2, 0.25) is 0 Å². The van der Waals surface area contributed by atoms with E-state index in [4.69, 9.17) is 32.5 Å². The topological polar surface area (TPSA) is 105 Å². The highest BCUT2D eigenvalue weighted by Crippen LogP contribution is 2.25. The second-order valence-electron chi connectivity index (χ2n) is 8.72. The summed E-state index contributed by atoms with van der Waals surface area (Å²) in [6, 6.07) is 30.1. The van der Waals surface area contributed by atoms with Crippen molar-refractivity contribution in [3.05, 3.63) is 108 Å². The van der Waals surface area contributed by atoms with Crippen LogP contribution in [0, 0.1) is 0 Å². The van der Waals surface area contributed by atoms with Gasteiger partial charge >= 0.3 is 0 Å². The lowest BCUT2D eigenvalue weighted by Crippen LogP contribution is -2.10. The summed E-state index contributed by atoms with van der Waals surface area (Å²) in [5.41, 5.74) is 15.6. The van der Waals surface area contributed by atoms with Crippen molar-refractivity contribution in [2.24, 2.45) is 11.5 Å². The second kappa shape index (κ2) is 16.3. The zero-order chi connectivity index (χ0) is 28.7. The van der Waals surface area contributed by atoms with E-state index in [0.717, 1.165) is 51.9 Å². The third-order valence-electron chi connectivity index (χ3n) is 5.77. The molecule has 4 aromatic rings. The molecule has 0 saturated heterocycles. The van der Waals surface area contributed by atoms with Crippen LogP contribution in [0.4, 0.5) is 0 Å². The molecule has 4 rings (SSSR count). The van der Waals surface area contributed by atoms with E-state index in [-0.39, 0.29) is 0 Å². The number of hydrogen-bond acceptors (Lipinski definition) is 4. The van der Waals surface area contributed by atoms with Crippen molar-refractivity contribution in [1.29, 1.82) is 0 Å². The van der Waals surface area contributed by atoms with Crippen LogP contribution in [0.3, 0.4) is 0 Å². The first-order valence-corrected chi connectivity index (χ1v) is 14.4. The van der Waals surface area contributed by atoms with Gasteiger partial charge in [-0.05, 0) is 83.6 Å². The Hall–Kier alpha value is -3.81. The molecule has 0 aliphatic heterocycles. The lowest BCUT2D eigenvalue weighted by atomic mass is 10.0. The van der Waals surface area contributed by atoms with Crippen molar-refractivity contribution in [1.82, 2.24) is 0 Å². The number of rotatable bonds is 12. The summed E-state index contributed by atoms with van der Waals surface area (Å²) in [6.45, 7) is 1.29. The number of amides is 2. The molecule has 0 spiro atoms. The Morgan fingerprint density at radius 3 is 1.43 bits per heavy atom. The fourth-order valence-corrected chi connectivity index (χ4v) is 4.01. The quantitative estimate of drug-likeness (QED) is 0.130. The number of alkyl halides is 2. The van der Waals surface area contributed by atoms with Crippen LogP contribution in [0.25, 0.3) is 22.3 Å². The van der Waals surface area contributed by atoms with Crippen molar-refractivity contribution in [2.75, 3.05) is 24.4 Å². The van der Waals surface area contributed by atoms with Gasteiger partial charge in [-0.25, -0.2) is 0 Å². The van der Waals surface area contributed by atoms with Gasteiger partial charge in [-0.2, -0.15) is 0 Å². The summed E-state index contributed by atoms with van der Waals surface area (Å²) in [7, 11) is 0. The Balaban J connectivity index is 0.000000220. The molecule has 0 heterocycles. The van der Waals surface area contributed by atoms with Crippen molar-refractivity contribution >= 4 is 39.3 Å². The van der Waals surface area contributed by atoms with Gasteiger partial charge in [0, 0.05) is 22.3 Å². The summed E-state index contributed by atoms with van der Waals surface area (Å²) < 4.78 is 11.3. The normalized spacial score (nSPS) is 10.2. The number of primary amides is 2. The number of ether oxygens (including phenoxy) is 2. The molecule has 8 heteroatoms. The zero-order valence-electron chi connectivity index (χ0n) is 22.0. The number of halogens is 2. The molecule has 0 unspecified atom stereocenters. The van der Waals surface area contributed by atoms with Crippen molar-refractivity contribution < 1.29 is 19.1 Å². The van der Waals surface area contributed by atoms with Gasteiger partial charge in [-0.3, -0.25) is 9.59 Å². The molecule has 0 atom stereocenters. The molecule has 0 radical (unpaired) electrons. The summed E-state index contributed by atoms with van der Waals surface area (Å²) in [5, 5.41) is 0.932. The smallest absolute Gasteiger partial charge is 0.248 e. The van der Waals surface area contributed by atoms with E-state index in [9.17, 15) is 9.59 Å². The van der Waals surface area contributed by atoms with Crippen molar-refractivity contribution in [3.8, 4) is 33.8 Å². The first-order chi connectivity index (χ1) is 19.4.